The van der Waals surface area contributed by atoms with Crippen LogP contribution < -0.4 is 9.62 Å². The first-order chi connectivity index (χ1) is 14.3. The number of para-hydroxylation sites is 1. The maximum Gasteiger partial charge on any atom is 0.265 e. The summed E-state index contributed by atoms with van der Waals surface area (Å²) in [6.45, 7) is 2.03. The molecule has 3 aromatic rings. The number of hydrogen-bond donors (Lipinski definition) is 1. The number of rotatable bonds is 4. The van der Waals surface area contributed by atoms with Crippen molar-refractivity contribution in [3.05, 3.63) is 88.2 Å². The zero-order valence-electron chi connectivity index (χ0n) is 16.0. The predicted octanol–water partition coefficient (Wildman–Crippen LogP) is 4.79. The molecule has 0 aliphatic carbocycles. The highest BCUT2D eigenvalue weighted by molar-refractivity contribution is 7.93. The minimum Gasteiger partial charge on any atom is -0.319 e. The van der Waals surface area contributed by atoms with E-state index < -0.39 is 21.7 Å². The number of fused-ring (bicyclic) bond motifs is 1. The Kier molecular flexibility index (Phi) is 5.26. The van der Waals surface area contributed by atoms with Gasteiger partial charge in [0.25, 0.3) is 15.9 Å². The summed E-state index contributed by atoms with van der Waals surface area (Å²) in [6, 6.07) is 15.7. The van der Waals surface area contributed by atoms with E-state index in [1.54, 1.807) is 25.1 Å². The molecule has 1 amide bonds. The van der Waals surface area contributed by atoms with Crippen LogP contribution in [0.5, 0.6) is 0 Å². The fraction of sp³-hybridized carbons (Fsp3) is 0.136. The summed E-state index contributed by atoms with van der Waals surface area (Å²) in [5.74, 6) is -1.20. The summed E-state index contributed by atoms with van der Waals surface area (Å²) in [5.41, 5.74) is 2.33. The minimum atomic E-state index is -3.98. The molecule has 154 valence electrons. The van der Waals surface area contributed by atoms with Gasteiger partial charge in [-0.1, -0.05) is 35.9 Å². The number of aryl methyl sites for hydroxylation is 1. The van der Waals surface area contributed by atoms with Crippen LogP contribution in [0.3, 0.4) is 0 Å². The molecular weight excluding hydrogens is 427 g/mol. The normalized spacial score (nSPS) is 13.2. The molecule has 0 radical (unpaired) electrons. The van der Waals surface area contributed by atoms with E-state index in [1.165, 1.54) is 34.6 Å². The highest BCUT2D eigenvalue weighted by atomic mass is 35.5. The van der Waals surface area contributed by atoms with Crippen molar-refractivity contribution in [3.8, 4) is 0 Å². The first-order valence-electron chi connectivity index (χ1n) is 9.25. The number of nitrogens with zero attached hydrogens (tertiary/aromatic N) is 1. The van der Waals surface area contributed by atoms with Crippen LogP contribution in [0.4, 0.5) is 15.8 Å². The van der Waals surface area contributed by atoms with Gasteiger partial charge in [0, 0.05) is 12.1 Å². The fourth-order valence-electron chi connectivity index (χ4n) is 3.43. The average molecular weight is 445 g/mol. The summed E-state index contributed by atoms with van der Waals surface area (Å²) in [7, 11) is -3.98. The summed E-state index contributed by atoms with van der Waals surface area (Å²) in [4.78, 5) is 12.5. The summed E-state index contributed by atoms with van der Waals surface area (Å²) >= 11 is 6.20. The van der Waals surface area contributed by atoms with Crippen molar-refractivity contribution in [3.63, 3.8) is 0 Å². The molecule has 1 N–H and O–H groups in total. The molecule has 3 aromatic carbocycles. The second-order valence-corrected chi connectivity index (χ2v) is 9.28. The molecule has 1 heterocycles. The molecule has 8 heteroatoms. The third-order valence-electron chi connectivity index (χ3n) is 4.98. The smallest absolute Gasteiger partial charge is 0.265 e. The number of anilines is 2. The molecule has 0 spiro atoms. The van der Waals surface area contributed by atoms with Crippen molar-refractivity contribution in [1.82, 2.24) is 0 Å². The average Bonchev–Trinajstić information content (AvgIpc) is 3.15. The Bertz CT molecular complexity index is 1260. The monoisotopic (exact) mass is 444 g/mol. The molecule has 5 nitrogen and oxygen atoms in total. The van der Waals surface area contributed by atoms with Crippen molar-refractivity contribution in [2.24, 2.45) is 0 Å². The Morgan fingerprint density at radius 2 is 1.87 bits per heavy atom. The highest BCUT2D eigenvalue weighted by Gasteiger charge is 2.32. The standard InChI is InChI=1S/C22H18ClFN2O3S/c1-14-6-9-19(18(24)12-14)25-22(27)16-7-8-17(23)21(13-16)30(28,29)26-11-10-15-4-2-3-5-20(15)26/h2-9,12-13H,10-11H2,1H3,(H,25,27). The second kappa shape index (κ2) is 7.74. The third-order valence-corrected chi connectivity index (χ3v) is 7.27. The Labute approximate surface area is 179 Å². The number of benzene rings is 3. The first-order valence-corrected chi connectivity index (χ1v) is 11.1. The molecule has 0 atom stereocenters. The van der Waals surface area contributed by atoms with E-state index in [0.717, 1.165) is 11.1 Å². The first kappa shape index (κ1) is 20.4. The van der Waals surface area contributed by atoms with E-state index in [9.17, 15) is 17.6 Å². The maximum absolute atomic E-state index is 14.1. The highest BCUT2D eigenvalue weighted by Crippen LogP contribution is 2.35. The van der Waals surface area contributed by atoms with Crippen molar-refractivity contribution in [2.45, 2.75) is 18.2 Å². The van der Waals surface area contributed by atoms with Gasteiger partial charge in [0.05, 0.1) is 16.4 Å². The topological polar surface area (TPSA) is 66.5 Å². The van der Waals surface area contributed by atoms with Gasteiger partial charge in [-0.05, 0) is 60.9 Å². The van der Waals surface area contributed by atoms with Crippen LogP contribution >= 0.6 is 11.6 Å². The van der Waals surface area contributed by atoms with Crippen LogP contribution in [0, 0.1) is 12.7 Å². The zero-order valence-corrected chi connectivity index (χ0v) is 17.6. The molecule has 0 bridgehead atoms. The van der Waals surface area contributed by atoms with Crippen LogP contribution in [0.2, 0.25) is 5.02 Å². The minimum absolute atomic E-state index is 0.0115. The molecule has 1 aliphatic heterocycles. The predicted molar refractivity (Wildman–Crippen MR) is 115 cm³/mol. The van der Waals surface area contributed by atoms with Crippen LogP contribution in [0.25, 0.3) is 0 Å². The van der Waals surface area contributed by atoms with Crippen LogP contribution in [0.15, 0.2) is 65.6 Å². The lowest BCUT2D eigenvalue weighted by Gasteiger charge is -2.20. The molecule has 0 saturated carbocycles. The lowest BCUT2D eigenvalue weighted by Crippen LogP contribution is -2.29. The van der Waals surface area contributed by atoms with Gasteiger partial charge in [0.15, 0.2) is 0 Å². The van der Waals surface area contributed by atoms with E-state index in [4.69, 9.17) is 11.6 Å². The Balaban J connectivity index is 1.67. The van der Waals surface area contributed by atoms with E-state index in [1.807, 2.05) is 12.1 Å². The van der Waals surface area contributed by atoms with Gasteiger partial charge in [-0.15, -0.1) is 0 Å². The van der Waals surface area contributed by atoms with Gasteiger partial charge in [0.2, 0.25) is 0 Å². The number of sulfonamides is 1. The number of nitrogens with one attached hydrogen (secondary N) is 1. The molecule has 30 heavy (non-hydrogen) atoms. The SMILES string of the molecule is Cc1ccc(NC(=O)c2ccc(Cl)c(S(=O)(=O)N3CCc4ccccc43)c2)c(F)c1. The molecule has 1 aliphatic rings. The fourth-order valence-corrected chi connectivity index (χ4v) is 5.44. The Hall–Kier alpha value is -2.90. The van der Waals surface area contributed by atoms with Crippen molar-refractivity contribution >= 4 is 38.9 Å². The number of carbonyl (C=O) groups excluding carboxylic acids is 1. The molecule has 0 fully saturated rings. The van der Waals surface area contributed by atoms with Gasteiger partial charge in [-0.25, -0.2) is 12.8 Å². The van der Waals surface area contributed by atoms with E-state index in [-0.39, 0.29) is 21.2 Å². The van der Waals surface area contributed by atoms with Gasteiger partial charge in [-0.3, -0.25) is 9.10 Å². The third kappa shape index (κ3) is 3.66. The van der Waals surface area contributed by atoms with Crippen molar-refractivity contribution < 1.29 is 17.6 Å². The molecule has 0 saturated heterocycles. The van der Waals surface area contributed by atoms with E-state index in [0.29, 0.717) is 18.7 Å². The molecule has 0 aromatic heterocycles. The Morgan fingerprint density at radius 1 is 1.10 bits per heavy atom. The molecular formula is C22H18ClFN2O3S. The lowest BCUT2D eigenvalue weighted by molar-refractivity contribution is 0.102. The van der Waals surface area contributed by atoms with Crippen LogP contribution in [0.1, 0.15) is 21.5 Å². The van der Waals surface area contributed by atoms with Gasteiger partial charge in [-0.2, -0.15) is 0 Å². The van der Waals surface area contributed by atoms with Gasteiger partial charge >= 0.3 is 0 Å². The van der Waals surface area contributed by atoms with Crippen molar-refractivity contribution in [1.29, 1.82) is 0 Å². The number of hydrogen-bond acceptors (Lipinski definition) is 3. The van der Waals surface area contributed by atoms with Gasteiger partial charge in [0.1, 0.15) is 10.7 Å². The Morgan fingerprint density at radius 3 is 2.63 bits per heavy atom. The number of halogens is 2. The van der Waals surface area contributed by atoms with E-state index in [2.05, 4.69) is 5.32 Å². The van der Waals surface area contributed by atoms with Crippen LogP contribution in [-0.2, 0) is 16.4 Å². The summed E-state index contributed by atoms with van der Waals surface area (Å²) in [6.07, 6.45) is 0.597. The molecule has 4 rings (SSSR count). The second-order valence-electron chi connectivity index (χ2n) is 7.04. The van der Waals surface area contributed by atoms with Gasteiger partial charge < -0.3 is 5.32 Å². The zero-order chi connectivity index (χ0) is 21.5. The maximum atomic E-state index is 14.1. The quantitative estimate of drug-likeness (QED) is 0.629. The van der Waals surface area contributed by atoms with E-state index >= 15 is 0 Å². The largest absolute Gasteiger partial charge is 0.319 e. The summed E-state index contributed by atoms with van der Waals surface area (Å²) in [5, 5.41) is 2.48. The number of carbonyl (C=O) groups is 1. The lowest BCUT2D eigenvalue weighted by atomic mass is 10.2. The summed E-state index contributed by atoms with van der Waals surface area (Å²) < 4.78 is 41.9. The van der Waals surface area contributed by atoms with Crippen molar-refractivity contribution in [2.75, 3.05) is 16.2 Å². The number of amides is 1. The van der Waals surface area contributed by atoms with Crippen LogP contribution in [-0.4, -0.2) is 20.9 Å². The molecule has 0 unspecified atom stereocenters.